The molecule has 0 aliphatic rings. The van der Waals surface area contributed by atoms with Gasteiger partial charge in [-0.1, -0.05) is 12.1 Å². The van der Waals surface area contributed by atoms with Crippen LogP contribution in [0.25, 0.3) is 0 Å². The molecule has 0 saturated heterocycles. The number of rotatable bonds is 8. The highest BCUT2D eigenvalue weighted by Gasteiger charge is 2.08. The lowest BCUT2D eigenvalue weighted by atomic mass is 10.1. The summed E-state index contributed by atoms with van der Waals surface area (Å²) in [5.41, 5.74) is 2.77. The number of nitrogens with one attached hydrogen (secondary N) is 2. The van der Waals surface area contributed by atoms with E-state index in [1.54, 1.807) is 43.5 Å². The monoisotopic (exact) mass is 390 g/mol. The molecule has 2 aromatic carbocycles. The summed E-state index contributed by atoms with van der Waals surface area (Å²) in [6, 6.07) is 18.1. The molecule has 29 heavy (non-hydrogen) atoms. The molecule has 7 nitrogen and oxygen atoms in total. The van der Waals surface area contributed by atoms with Crippen LogP contribution < -0.4 is 15.4 Å². The lowest BCUT2D eigenvalue weighted by molar-refractivity contribution is 0.0947. The van der Waals surface area contributed by atoms with E-state index >= 15 is 0 Å². The third-order valence-electron chi connectivity index (χ3n) is 4.32. The van der Waals surface area contributed by atoms with Crippen molar-refractivity contribution in [3.63, 3.8) is 0 Å². The molecular weight excluding hydrogens is 368 g/mol. The Morgan fingerprint density at radius 2 is 1.66 bits per heavy atom. The van der Waals surface area contributed by atoms with Gasteiger partial charge in [-0.25, -0.2) is 0 Å². The number of nitrogens with zero attached hydrogens (tertiary/aromatic N) is 2. The van der Waals surface area contributed by atoms with Gasteiger partial charge in [0.05, 0.1) is 7.11 Å². The molecule has 0 aliphatic heterocycles. The van der Waals surface area contributed by atoms with Crippen molar-refractivity contribution in [2.24, 2.45) is 0 Å². The normalized spacial score (nSPS) is 10.3. The van der Waals surface area contributed by atoms with Gasteiger partial charge in [0.1, 0.15) is 5.75 Å². The summed E-state index contributed by atoms with van der Waals surface area (Å²) in [6.45, 7) is 2.02. The van der Waals surface area contributed by atoms with Crippen molar-refractivity contribution >= 4 is 23.2 Å². The first kappa shape index (κ1) is 20.0. The maximum Gasteiger partial charge on any atom is 0.271 e. The van der Waals surface area contributed by atoms with E-state index in [-0.39, 0.29) is 17.4 Å². The molecule has 7 heteroatoms. The van der Waals surface area contributed by atoms with E-state index in [1.807, 2.05) is 24.3 Å². The maximum absolute atomic E-state index is 12.2. The SMILES string of the molecule is COc1ccc(CCNC(=O)c2ccc(Nc3ccc(C(C)=O)cc3)nn2)cc1. The highest BCUT2D eigenvalue weighted by Crippen LogP contribution is 2.15. The van der Waals surface area contributed by atoms with Crippen molar-refractivity contribution < 1.29 is 14.3 Å². The summed E-state index contributed by atoms with van der Waals surface area (Å²) < 4.78 is 5.13. The summed E-state index contributed by atoms with van der Waals surface area (Å²) >= 11 is 0. The Morgan fingerprint density at radius 1 is 0.931 bits per heavy atom. The van der Waals surface area contributed by atoms with Gasteiger partial charge in [0.15, 0.2) is 17.3 Å². The molecule has 0 saturated carbocycles. The molecular formula is C22H22N4O3. The van der Waals surface area contributed by atoms with Gasteiger partial charge < -0.3 is 15.4 Å². The van der Waals surface area contributed by atoms with Crippen molar-refractivity contribution in [2.75, 3.05) is 19.0 Å². The summed E-state index contributed by atoms with van der Waals surface area (Å²) in [4.78, 5) is 23.5. The number of benzene rings is 2. The molecule has 2 N–H and O–H groups in total. The third kappa shape index (κ3) is 5.62. The standard InChI is InChI=1S/C22H22N4O3/c1-15(27)17-5-7-18(8-6-17)24-21-12-11-20(25-26-21)22(28)23-14-13-16-3-9-19(29-2)10-4-16/h3-12H,13-14H2,1-2H3,(H,23,28)(H,24,26). The van der Waals surface area contributed by atoms with Gasteiger partial charge in [-0.05, 0) is 67.4 Å². The number of carbonyl (C=O) groups excluding carboxylic acids is 2. The average Bonchev–Trinajstić information content (AvgIpc) is 2.75. The lowest BCUT2D eigenvalue weighted by Gasteiger charge is -2.07. The van der Waals surface area contributed by atoms with Crippen LogP contribution in [0.2, 0.25) is 0 Å². The number of aromatic nitrogens is 2. The second-order valence-corrected chi connectivity index (χ2v) is 6.42. The molecule has 0 radical (unpaired) electrons. The Hall–Kier alpha value is -3.74. The fourth-order valence-corrected chi connectivity index (χ4v) is 2.66. The van der Waals surface area contributed by atoms with Gasteiger partial charge in [0.25, 0.3) is 5.91 Å². The van der Waals surface area contributed by atoms with Crippen molar-refractivity contribution in [1.29, 1.82) is 0 Å². The van der Waals surface area contributed by atoms with Crippen LogP contribution in [0.15, 0.2) is 60.7 Å². The number of hydrogen-bond acceptors (Lipinski definition) is 6. The first-order chi connectivity index (χ1) is 14.0. The lowest BCUT2D eigenvalue weighted by Crippen LogP contribution is -2.26. The largest absolute Gasteiger partial charge is 0.497 e. The van der Waals surface area contributed by atoms with Crippen LogP contribution in [0.1, 0.15) is 33.3 Å². The average molecular weight is 390 g/mol. The fraction of sp³-hybridized carbons (Fsp3) is 0.182. The quantitative estimate of drug-likeness (QED) is 0.573. The summed E-state index contributed by atoms with van der Waals surface area (Å²) in [6.07, 6.45) is 0.707. The molecule has 3 rings (SSSR count). The topological polar surface area (TPSA) is 93.2 Å². The highest BCUT2D eigenvalue weighted by atomic mass is 16.5. The zero-order valence-corrected chi connectivity index (χ0v) is 16.3. The maximum atomic E-state index is 12.2. The van der Waals surface area contributed by atoms with E-state index < -0.39 is 0 Å². The molecule has 1 amide bonds. The number of anilines is 2. The summed E-state index contributed by atoms with van der Waals surface area (Å²) in [7, 11) is 1.63. The molecule has 0 atom stereocenters. The molecule has 0 fully saturated rings. The molecule has 1 heterocycles. The Morgan fingerprint density at radius 3 is 2.24 bits per heavy atom. The van der Waals surface area contributed by atoms with Crippen LogP contribution in [-0.4, -0.2) is 35.5 Å². The second-order valence-electron chi connectivity index (χ2n) is 6.42. The van der Waals surface area contributed by atoms with Crippen molar-refractivity contribution in [3.8, 4) is 5.75 Å². The summed E-state index contributed by atoms with van der Waals surface area (Å²) in [5, 5.41) is 13.9. The molecule has 0 bridgehead atoms. The van der Waals surface area contributed by atoms with Gasteiger partial charge in [-0.15, -0.1) is 10.2 Å². The Bertz CT molecular complexity index is 968. The Labute approximate surface area is 169 Å². The Balaban J connectivity index is 1.50. The van der Waals surface area contributed by atoms with E-state index in [0.29, 0.717) is 24.3 Å². The minimum Gasteiger partial charge on any atom is -0.497 e. The van der Waals surface area contributed by atoms with Gasteiger partial charge in [-0.3, -0.25) is 9.59 Å². The minimum atomic E-state index is -0.275. The van der Waals surface area contributed by atoms with E-state index in [1.165, 1.54) is 6.92 Å². The van der Waals surface area contributed by atoms with Crippen LogP contribution in [0, 0.1) is 0 Å². The first-order valence-electron chi connectivity index (χ1n) is 9.18. The molecule has 0 spiro atoms. The van der Waals surface area contributed by atoms with Crippen LogP contribution in [-0.2, 0) is 6.42 Å². The van der Waals surface area contributed by atoms with E-state index in [2.05, 4.69) is 20.8 Å². The Kier molecular flexibility index (Phi) is 6.52. The number of amides is 1. The predicted octanol–water partition coefficient (Wildman–Crippen LogP) is 3.40. The van der Waals surface area contributed by atoms with Crippen molar-refractivity contribution in [3.05, 3.63) is 77.5 Å². The number of Topliss-reactive ketones (excluding diaryl/α,β-unsaturated/α-hetero) is 1. The van der Waals surface area contributed by atoms with Gasteiger partial charge in [0.2, 0.25) is 0 Å². The van der Waals surface area contributed by atoms with Crippen LogP contribution in [0.5, 0.6) is 5.75 Å². The van der Waals surface area contributed by atoms with Crippen molar-refractivity contribution in [2.45, 2.75) is 13.3 Å². The van der Waals surface area contributed by atoms with Gasteiger partial charge in [-0.2, -0.15) is 0 Å². The molecule has 0 aliphatic carbocycles. The zero-order chi connectivity index (χ0) is 20.6. The number of hydrogen-bond donors (Lipinski definition) is 2. The molecule has 3 aromatic rings. The van der Waals surface area contributed by atoms with E-state index in [0.717, 1.165) is 17.0 Å². The molecule has 0 unspecified atom stereocenters. The van der Waals surface area contributed by atoms with Gasteiger partial charge >= 0.3 is 0 Å². The van der Waals surface area contributed by atoms with Crippen LogP contribution >= 0.6 is 0 Å². The number of ether oxygens (including phenoxy) is 1. The van der Waals surface area contributed by atoms with Gasteiger partial charge in [0, 0.05) is 17.8 Å². The first-order valence-corrected chi connectivity index (χ1v) is 9.18. The number of methoxy groups -OCH3 is 1. The number of carbonyl (C=O) groups is 2. The smallest absolute Gasteiger partial charge is 0.271 e. The molecule has 1 aromatic heterocycles. The van der Waals surface area contributed by atoms with Crippen molar-refractivity contribution in [1.82, 2.24) is 15.5 Å². The number of ketones is 1. The minimum absolute atomic E-state index is 0.0127. The fourth-order valence-electron chi connectivity index (χ4n) is 2.66. The zero-order valence-electron chi connectivity index (χ0n) is 16.3. The highest BCUT2D eigenvalue weighted by molar-refractivity contribution is 5.94. The summed E-state index contributed by atoms with van der Waals surface area (Å²) in [5.74, 6) is 1.05. The van der Waals surface area contributed by atoms with Crippen LogP contribution in [0.4, 0.5) is 11.5 Å². The third-order valence-corrected chi connectivity index (χ3v) is 4.32. The molecule has 148 valence electrons. The predicted molar refractivity (Wildman–Crippen MR) is 111 cm³/mol. The van der Waals surface area contributed by atoms with Crippen LogP contribution in [0.3, 0.4) is 0 Å². The second kappa shape index (κ2) is 9.45. The van der Waals surface area contributed by atoms with E-state index in [9.17, 15) is 9.59 Å². The van der Waals surface area contributed by atoms with E-state index in [4.69, 9.17) is 4.74 Å².